The molecule has 0 aromatic heterocycles. The van der Waals surface area contributed by atoms with Crippen LogP contribution in [0.5, 0.6) is 0 Å². The second-order valence-corrected chi connectivity index (χ2v) is 0.875. The lowest BCUT2D eigenvalue weighted by Gasteiger charge is -1.81. The van der Waals surface area contributed by atoms with Gasteiger partial charge in [0.25, 0.3) is 0 Å². The average molecular weight is 99.1 g/mol. The van der Waals surface area contributed by atoms with Crippen LogP contribution in [0.1, 0.15) is 13.8 Å². The first-order valence-electron chi connectivity index (χ1n) is 2.12. The summed E-state index contributed by atoms with van der Waals surface area (Å²) in [7, 11) is 0. The molecule has 0 heterocycles. The van der Waals surface area contributed by atoms with Crippen molar-refractivity contribution in [1.29, 1.82) is 0 Å². The van der Waals surface area contributed by atoms with Crippen LogP contribution in [0.25, 0.3) is 0 Å². The molecule has 0 aromatic rings. The van der Waals surface area contributed by atoms with E-state index in [2.05, 4.69) is 15.7 Å². The van der Waals surface area contributed by atoms with Crippen LogP contribution in [0.15, 0.2) is 10.2 Å². The van der Waals surface area contributed by atoms with Crippen LogP contribution in [0, 0.1) is 0 Å². The first-order valence-corrected chi connectivity index (χ1v) is 2.12. The Morgan fingerprint density at radius 1 is 1.14 bits per heavy atom. The molecule has 0 aliphatic carbocycles. The molecule has 0 spiro atoms. The SMILES string of the molecule is C/C=N\N/N=C\C. The molecule has 0 fully saturated rings. The van der Waals surface area contributed by atoms with Crippen LogP contribution >= 0.6 is 0 Å². The summed E-state index contributed by atoms with van der Waals surface area (Å²) in [6.45, 7) is 3.64. The molecule has 1 N–H and O–H groups in total. The van der Waals surface area contributed by atoms with Crippen molar-refractivity contribution in [2.75, 3.05) is 0 Å². The molecule has 0 rings (SSSR count). The number of rotatable bonds is 2. The fourth-order valence-corrected chi connectivity index (χ4v) is 0.149. The second kappa shape index (κ2) is 5.14. The predicted molar refractivity (Wildman–Crippen MR) is 31.5 cm³/mol. The zero-order valence-corrected chi connectivity index (χ0v) is 4.55. The monoisotopic (exact) mass is 99.1 g/mol. The van der Waals surface area contributed by atoms with E-state index in [-0.39, 0.29) is 0 Å². The van der Waals surface area contributed by atoms with Gasteiger partial charge in [0, 0.05) is 12.4 Å². The molecular weight excluding hydrogens is 90.1 g/mol. The predicted octanol–water partition coefficient (Wildman–Crippen LogP) is 0.587. The fourth-order valence-electron chi connectivity index (χ4n) is 0.149. The molecular formula is C4H9N3. The van der Waals surface area contributed by atoms with Gasteiger partial charge in [-0.25, -0.2) is 0 Å². The zero-order valence-electron chi connectivity index (χ0n) is 4.55. The van der Waals surface area contributed by atoms with E-state index in [1.165, 1.54) is 0 Å². The lowest BCUT2D eigenvalue weighted by Crippen LogP contribution is -1.91. The molecule has 40 valence electrons. The molecule has 0 saturated heterocycles. The Balaban J connectivity index is 2.98. The summed E-state index contributed by atoms with van der Waals surface area (Å²) < 4.78 is 0. The van der Waals surface area contributed by atoms with Gasteiger partial charge in [-0.05, 0) is 13.8 Å². The molecule has 0 bridgehead atoms. The highest BCUT2D eigenvalue weighted by molar-refractivity contribution is 5.54. The first-order chi connectivity index (χ1) is 3.41. The summed E-state index contributed by atoms with van der Waals surface area (Å²) in [5.74, 6) is 0. The minimum Gasteiger partial charge on any atom is -0.199 e. The number of hydrazone groups is 2. The lowest BCUT2D eigenvalue weighted by atomic mass is 10.9. The summed E-state index contributed by atoms with van der Waals surface area (Å²) in [6, 6.07) is 0. The topological polar surface area (TPSA) is 36.8 Å². The van der Waals surface area contributed by atoms with Gasteiger partial charge < -0.3 is 0 Å². The van der Waals surface area contributed by atoms with Crippen molar-refractivity contribution in [1.82, 2.24) is 5.53 Å². The smallest absolute Gasteiger partial charge is 0.0232 e. The molecule has 0 radical (unpaired) electrons. The quantitative estimate of drug-likeness (QED) is 0.399. The highest BCUT2D eigenvalue weighted by Crippen LogP contribution is 1.54. The van der Waals surface area contributed by atoms with Gasteiger partial charge in [0.2, 0.25) is 0 Å². The van der Waals surface area contributed by atoms with Gasteiger partial charge in [0.1, 0.15) is 0 Å². The first kappa shape index (κ1) is 6.14. The van der Waals surface area contributed by atoms with Gasteiger partial charge >= 0.3 is 0 Å². The molecule has 0 aliphatic heterocycles. The van der Waals surface area contributed by atoms with Crippen LogP contribution in [0.4, 0.5) is 0 Å². The van der Waals surface area contributed by atoms with E-state index in [9.17, 15) is 0 Å². The molecule has 3 heteroatoms. The maximum Gasteiger partial charge on any atom is 0.0232 e. The van der Waals surface area contributed by atoms with Crippen molar-refractivity contribution in [3.05, 3.63) is 0 Å². The molecule has 0 saturated carbocycles. The average Bonchev–Trinajstić information content (AvgIpc) is 1.69. The minimum absolute atomic E-state index is 1.63. The summed E-state index contributed by atoms with van der Waals surface area (Å²) in [5, 5.41) is 7.18. The van der Waals surface area contributed by atoms with E-state index < -0.39 is 0 Å². The molecule has 3 nitrogen and oxygen atoms in total. The van der Waals surface area contributed by atoms with Crippen molar-refractivity contribution < 1.29 is 0 Å². The van der Waals surface area contributed by atoms with Crippen molar-refractivity contribution in [3.8, 4) is 0 Å². The van der Waals surface area contributed by atoms with E-state index in [1.807, 2.05) is 13.8 Å². The van der Waals surface area contributed by atoms with Gasteiger partial charge in [0.05, 0.1) is 0 Å². The third-order valence-corrected chi connectivity index (χ3v) is 0.374. The lowest BCUT2D eigenvalue weighted by molar-refractivity contribution is 0.816. The third kappa shape index (κ3) is 5.14. The molecule has 0 aromatic carbocycles. The third-order valence-electron chi connectivity index (χ3n) is 0.374. The standard InChI is InChI=1S/C4H9N3/c1-3-5-7-6-4-2/h3-4,7H,1-2H3/b5-3-,6-4-. The van der Waals surface area contributed by atoms with Crippen molar-refractivity contribution in [3.63, 3.8) is 0 Å². The van der Waals surface area contributed by atoms with E-state index in [1.54, 1.807) is 12.4 Å². The largest absolute Gasteiger partial charge is 0.199 e. The summed E-state index contributed by atoms with van der Waals surface area (Å²) in [6.07, 6.45) is 3.26. The maximum absolute atomic E-state index is 3.59. The zero-order chi connectivity index (χ0) is 5.54. The van der Waals surface area contributed by atoms with Gasteiger partial charge in [-0.1, -0.05) is 0 Å². The Kier molecular flexibility index (Phi) is 4.51. The van der Waals surface area contributed by atoms with Crippen LogP contribution < -0.4 is 5.53 Å². The van der Waals surface area contributed by atoms with Crippen molar-refractivity contribution in [2.24, 2.45) is 10.2 Å². The van der Waals surface area contributed by atoms with Crippen molar-refractivity contribution in [2.45, 2.75) is 13.8 Å². The van der Waals surface area contributed by atoms with Crippen LogP contribution in [0.2, 0.25) is 0 Å². The number of nitrogens with zero attached hydrogens (tertiary/aromatic N) is 2. The summed E-state index contributed by atoms with van der Waals surface area (Å²) >= 11 is 0. The normalized spacial score (nSPS) is 11.1. The summed E-state index contributed by atoms with van der Waals surface area (Å²) in [4.78, 5) is 0. The summed E-state index contributed by atoms with van der Waals surface area (Å²) in [5.41, 5.74) is 2.42. The molecule has 0 unspecified atom stereocenters. The molecule has 7 heavy (non-hydrogen) atoms. The van der Waals surface area contributed by atoms with Crippen molar-refractivity contribution >= 4 is 12.4 Å². The Morgan fingerprint density at radius 2 is 1.57 bits per heavy atom. The van der Waals surface area contributed by atoms with Crippen LogP contribution in [0.3, 0.4) is 0 Å². The second-order valence-electron chi connectivity index (χ2n) is 0.875. The Labute approximate surface area is 43.1 Å². The molecule has 0 aliphatic rings. The maximum atomic E-state index is 3.59. The number of hydrogen-bond donors (Lipinski definition) is 1. The van der Waals surface area contributed by atoms with Gasteiger partial charge in [0.15, 0.2) is 0 Å². The van der Waals surface area contributed by atoms with E-state index in [0.29, 0.717) is 0 Å². The van der Waals surface area contributed by atoms with Gasteiger partial charge in [-0.2, -0.15) is 15.7 Å². The van der Waals surface area contributed by atoms with E-state index in [4.69, 9.17) is 0 Å². The fraction of sp³-hybridized carbons (Fsp3) is 0.500. The highest BCUT2D eigenvalue weighted by Gasteiger charge is 1.55. The number of nitrogens with one attached hydrogen (secondary N) is 1. The Hall–Kier alpha value is -0.860. The molecule has 0 atom stereocenters. The Bertz CT molecular complexity index is 65.0. The minimum atomic E-state index is 1.63. The van der Waals surface area contributed by atoms with Gasteiger partial charge in [-0.3, -0.25) is 0 Å². The number of hydrogen-bond acceptors (Lipinski definition) is 3. The van der Waals surface area contributed by atoms with E-state index in [0.717, 1.165) is 0 Å². The molecule has 0 amide bonds. The highest BCUT2D eigenvalue weighted by atomic mass is 15.5. The van der Waals surface area contributed by atoms with Gasteiger partial charge in [-0.15, -0.1) is 0 Å². The van der Waals surface area contributed by atoms with Crippen LogP contribution in [-0.4, -0.2) is 12.4 Å². The van der Waals surface area contributed by atoms with E-state index >= 15 is 0 Å². The van der Waals surface area contributed by atoms with Crippen LogP contribution in [-0.2, 0) is 0 Å². The Morgan fingerprint density at radius 3 is 1.86 bits per heavy atom.